The number of aromatic nitrogens is 2. The molecule has 1 N–H and O–H groups in total. The van der Waals surface area contributed by atoms with Gasteiger partial charge in [0.05, 0.1) is 39.3 Å². The van der Waals surface area contributed by atoms with Crippen molar-refractivity contribution in [2.75, 3.05) is 7.11 Å². The number of hydrogen-bond acceptors (Lipinski definition) is 5. The van der Waals surface area contributed by atoms with E-state index >= 15 is 0 Å². The molecule has 2 aromatic heterocycles. The van der Waals surface area contributed by atoms with E-state index in [0.717, 1.165) is 27.4 Å². The molecule has 0 unspecified atom stereocenters. The highest BCUT2D eigenvalue weighted by Crippen LogP contribution is 2.42. The summed E-state index contributed by atoms with van der Waals surface area (Å²) in [6, 6.07) is 17.6. The fraction of sp³-hybridized carbons (Fsp3) is 0.235. The second-order valence-corrected chi connectivity index (χ2v) is 11.8. The van der Waals surface area contributed by atoms with Crippen molar-refractivity contribution < 1.29 is 14.3 Å². The van der Waals surface area contributed by atoms with Gasteiger partial charge in [0.25, 0.3) is 11.5 Å². The Bertz CT molecular complexity index is 1980. The summed E-state index contributed by atoms with van der Waals surface area (Å²) in [5.41, 5.74) is 5.77. The maximum absolute atomic E-state index is 13.8. The lowest BCUT2D eigenvalue weighted by Gasteiger charge is -2.20. The summed E-state index contributed by atoms with van der Waals surface area (Å²) in [6.45, 7) is 1.99. The predicted molar refractivity (Wildman–Crippen MR) is 170 cm³/mol. The Hall–Kier alpha value is -4.20. The van der Waals surface area contributed by atoms with Crippen molar-refractivity contribution >= 4 is 56.9 Å². The molecule has 0 spiro atoms. The number of benzene rings is 3. The van der Waals surface area contributed by atoms with Gasteiger partial charge in [-0.25, -0.2) is 4.79 Å². The average molecular weight is 615 g/mol. The molecule has 1 aliphatic rings. The maximum atomic E-state index is 13.8. The number of carbonyl (C=O) groups is 2. The minimum absolute atomic E-state index is 0.0746. The van der Waals surface area contributed by atoms with Crippen LogP contribution in [0.1, 0.15) is 45.8 Å². The second kappa shape index (κ2) is 11.5. The number of hydrogen-bond donors (Lipinski definition) is 1. The number of methoxy groups -OCH3 is 1. The Morgan fingerprint density at radius 1 is 1.05 bits per heavy atom. The van der Waals surface area contributed by atoms with Crippen molar-refractivity contribution in [3.05, 3.63) is 110 Å². The molecule has 1 atom stereocenters. The number of aryl methyl sites for hydroxylation is 2. The standard InChI is InChI=1S/C34H29Cl2N3O4/c1-18-24-16-20(19-9-10-19)12-14-28(24)39(2)33(41)29(18)22-13-11-21(31-23(22)6-5-15-37-31)17-27(34(42)43-3)38-32(40)30-25(35)7-4-8-26(30)36/h4-8,11-16,19,27H,9-10,17H2,1-3H3,(H,38,40)/t27-/m0/s1. The van der Waals surface area contributed by atoms with Gasteiger partial charge in [0, 0.05) is 30.4 Å². The Morgan fingerprint density at radius 3 is 2.49 bits per heavy atom. The minimum atomic E-state index is -1.04. The molecule has 1 amide bonds. The monoisotopic (exact) mass is 613 g/mol. The lowest BCUT2D eigenvalue weighted by molar-refractivity contribution is -0.142. The van der Waals surface area contributed by atoms with Gasteiger partial charge in [0.2, 0.25) is 0 Å². The third-order valence-corrected chi connectivity index (χ3v) is 8.89. The molecule has 1 fully saturated rings. The van der Waals surface area contributed by atoms with Crippen LogP contribution in [0.15, 0.2) is 71.7 Å². The number of esters is 1. The number of fused-ring (bicyclic) bond motifs is 2. The highest BCUT2D eigenvalue weighted by Gasteiger charge is 2.27. The third-order valence-electron chi connectivity index (χ3n) is 8.26. The number of nitrogens with one attached hydrogen (secondary N) is 1. The first-order valence-electron chi connectivity index (χ1n) is 14.0. The normalized spacial score (nSPS) is 13.7. The number of nitrogens with zero attached hydrogens (tertiary/aromatic N) is 2. The molecule has 3 aromatic carbocycles. The Morgan fingerprint density at radius 2 is 1.79 bits per heavy atom. The van der Waals surface area contributed by atoms with Crippen molar-refractivity contribution in [1.82, 2.24) is 14.9 Å². The molecule has 7 nitrogen and oxygen atoms in total. The van der Waals surface area contributed by atoms with E-state index in [1.165, 1.54) is 25.5 Å². The van der Waals surface area contributed by atoms with Gasteiger partial charge in [-0.05, 0) is 78.3 Å². The zero-order valence-corrected chi connectivity index (χ0v) is 25.4. The van der Waals surface area contributed by atoms with Crippen LogP contribution in [0.25, 0.3) is 32.9 Å². The number of pyridine rings is 2. The highest BCUT2D eigenvalue weighted by atomic mass is 35.5. The largest absolute Gasteiger partial charge is 0.467 e. The van der Waals surface area contributed by atoms with Crippen LogP contribution in [-0.2, 0) is 23.0 Å². The average Bonchev–Trinajstić information content (AvgIpc) is 3.86. The molecule has 1 saturated carbocycles. The van der Waals surface area contributed by atoms with Gasteiger partial charge < -0.3 is 14.6 Å². The van der Waals surface area contributed by atoms with Gasteiger partial charge in [0.1, 0.15) is 6.04 Å². The molecule has 0 bridgehead atoms. The zero-order chi connectivity index (χ0) is 30.4. The van der Waals surface area contributed by atoms with E-state index in [4.69, 9.17) is 27.9 Å². The molecule has 0 aliphatic heterocycles. The van der Waals surface area contributed by atoms with Crippen LogP contribution in [0, 0.1) is 6.92 Å². The Balaban J connectivity index is 1.43. The number of ether oxygens (including phenoxy) is 1. The summed E-state index contributed by atoms with van der Waals surface area (Å²) in [5.74, 6) is -0.637. The molecule has 6 rings (SSSR count). The first-order chi connectivity index (χ1) is 20.7. The molecule has 9 heteroatoms. The van der Waals surface area contributed by atoms with Gasteiger partial charge in [0.15, 0.2) is 0 Å². The quantitative estimate of drug-likeness (QED) is 0.205. The summed E-state index contributed by atoms with van der Waals surface area (Å²) >= 11 is 12.5. The maximum Gasteiger partial charge on any atom is 0.328 e. The summed E-state index contributed by atoms with van der Waals surface area (Å²) in [5, 5.41) is 4.88. The Kier molecular flexibility index (Phi) is 7.71. The topological polar surface area (TPSA) is 90.3 Å². The van der Waals surface area contributed by atoms with Gasteiger partial charge in [-0.2, -0.15) is 0 Å². The predicted octanol–water partition coefficient (Wildman–Crippen LogP) is 6.76. The van der Waals surface area contributed by atoms with Crippen molar-refractivity contribution in [3.63, 3.8) is 0 Å². The fourth-order valence-electron chi connectivity index (χ4n) is 5.82. The first kappa shape index (κ1) is 28.9. The van der Waals surface area contributed by atoms with Crippen LogP contribution < -0.4 is 10.9 Å². The lowest BCUT2D eigenvalue weighted by Crippen LogP contribution is -2.43. The van der Waals surface area contributed by atoms with Crippen molar-refractivity contribution in [2.45, 2.75) is 38.1 Å². The van der Waals surface area contributed by atoms with Crippen molar-refractivity contribution in [1.29, 1.82) is 0 Å². The number of halogens is 2. The van der Waals surface area contributed by atoms with Crippen LogP contribution in [0.2, 0.25) is 10.0 Å². The number of rotatable bonds is 7. The molecule has 0 saturated heterocycles. The van der Waals surface area contributed by atoms with E-state index in [2.05, 4.69) is 22.4 Å². The molecule has 5 aromatic rings. The van der Waals surface area contributed by atoms with E-state index in [9.17, 15) is 14.4 Å². The van der Waals surface area contributed by atoms with Crippen LogP contribution in [0.3, 0.4) is 0 Å². The zero-order valence-electron chi connectivity index (χ0n) is 23.9. The molecular weight excluding hydrogens is 585 g/mol. The van der Waals surface area contributed by atoms with Gasteiger partial charge in [-0.15, -0.1) is 0 Å². The smallest absolute Gasteiger partial charge is 0.328 e. The minimum Gasteiger partial charge on any atom is -0.467 e. The van der Waals surface area contributed by atoms with E-state index in [1.807, 2.05) is 37.3 Å². The van der Waals surface area contributed by atoms with Gasteiger partial charge in [-0.3, -0.25) is 14.6 Å². The summed E-state index contributed by atoms with van der Waals surface area (Å²) < 4.78 is 6.72. The van der Waals surface area contributed by atoms with Crippen molar-refractivity contribution in [2.24, 2.45) is 7.05 Å². The fourth-order valence-corrected chi connectivity index (χ4v) is 6.39. The highest BCUT2D eigenvalue weighted by molar-refractivity contribution is 6.39. The molecular formula is C34H29Cl2N3O4. The van der Waals surface area contributed by atoms with E-state index in [-0.39, 0.29) is 27.6 Å². The van der Waals surface area contributed by atoms with E-state index < -0.39 is 17.9 Å². The number of amides is 1. The van der Waals surface area contributed by atoms with Gasteiger partial charge in [-0.1, -0.05) is 53.5 Å². The first-order valence-corrected chi connectivity index (χ1v) is 14.8. The Labute approximate surface area is 258 Å². The van der Waals surface area contributed by atoms with E-state index in [0.29, 0.717) is 22.6 Å². The molecule has 218 valence electrons. The molecule has 1 aliphatic carbocycles. The summed E-state index contributed by atoms with van der Waals surface area (Å²) in [6.07, 6.45) is 4.14. The van der Waals surface area contributed by atoms with E-state index in [1.54, 1.807) is 36.0 Å². The molecule has 2 heterocycles. The molecule has 0 radical (unpaired) electrons. The SMILES string of the molecule is COC(=O)[C@H](Cc1ccc(-c2c(C)c3cc(C4CC4)ccc3n(C)c2=O)c2cccnc12)NC(=O)c1c(Cl)cccc1Cl. The van der Waals surface area contributed by atoms with Crippen LogP contribution >= 0.6 is 23.2 Å². The van der Waals surface area contributed by atoms with Crippen LogP contribution in [-0.4, -0.2) is 34.6 Å². The lowest BCUT2D eigenvalue weighted by atomic mass is 9.91. The molecule has 43 heavy (non-hydrogen) atoms. The van der Waals surface area contributed by atoms with Crippen LogP contribution in [0.5, 0.6) is 0 Å². The number of carbonyl (C=O) groups excluding carboxylic acids is 2. The summed E-state index contributed by atoms with van der Waals surface area (Å²) in [7, 11) is 3.06. The van der Waals surface area contributed by atoms with Crippen molar-refractivity contribution in [3.8, 4) is 11.1 Å². The van der Waals surface area contributed by atoms with Gasteiger partial charge >= 0.3 is 5.97 Å². The summed E-state index contributed by atoms with van der Waals surface area (Å²) in [4.78, 5) is 44.4. The third kappa shape index (κ3) is 5.28. The second-order valence-electron chi connectivity index (χ2n) is 10.9. The van der Waals surface area contributed by atoms with Crippen LogP contribution in [0.4, 0.5) is 0 Å².